The van der Waals surface area contributed by atoms with Crippen LogP contribution in [0.5, 0.6) is 5.75 Å². The molecular weight excluding hydrogens is 588 g/mol. The number of rotatable bonds is 16. The van der Waals surface area contributed by atoms with Crippen LogP contribution in [0.3, 0.4) is 0 Å². The van der Waals surface area contributed by atoms with Crippen LogP contribution >= 0.6 is 0 Å². The average molecular weight is 637 g/mol. The number of carbonyl (C=O) groups is 5. The molecule has 2 aromatic carbocycles. The number of hydrogen-bond donors (Lipinski definition) is 3. The maximum Gasteiger partial charge on any atom is 0.323 e. The van der Waals surface area contributed by atoms with Gasteiger partial charge in [0.2, 0.25) is 11.8 Å². The van der Waals surface area contributed by atoms with Gasteiger partial charge in [0.15, 0.2) is 0 Å². The summed E-state index contributed by atoms with van der Waals surface area (Å²) in [7, 11) is 1.51. The van der Waals surface area contributed by atoms with Crippen molar-refractivity contribution in [2.75, 3.05) is 20.2 Å². The summed E-state index contributed by atoms with van der Waals surface area (Å²) in [4.78, 5) is 67.6. The van der Waals surface area contributed by atoms with Gasteiger partial charge in [-0.25, -0.2) is 0 Å². The molecular formula is C35H48N4O7. The largest absolute Gasteiger partial charge is 0.494 e. The molecule has 2 aromatic rings. The number of carbonyl (C=O) groups excluding carboxylic acids is 5. The monoisotopic (exact) mass is 636 g/mol. The van der Waals surface area contributed by atoms with Crippen LogP contribution in [-0.2, 0) is 25.5 Å². The lowest BCUT2D eigenvalue weighted by molar-refractivity contribution is -0.158. The van der Waals surface area contributed by atoms with Gasteiger partial charge in [-0.1, -0.05) is 51.1 Å². The molecule has 1 aliphatic heterocycles. The topological polar surface area (TPSA) is 143 Å². The predicted octanol–water partition coefficient (Wildman–Crippen LogP) is 3.65. The molecule has 0 aliphatic carbocycles. The summed E-state index contributed by atoms with van der Waals surface area (Å²) in [6.07, 6.45) is 1.43. The number of benzene rings is 2. The molecule has 0 saturated heterocycles. The highest BCUT2D eigenvalue weighted by molar-refractivity contribution is 6.21. The Morgan fingerprint density at radius 2 is 1.57 bits per heavy atom. The van der Waals surface area contributed by atoms with Gasteiger partial charge in [0.05, 0.1) is 23.8 Å². The van der Waals surface area contributed by atoms with Crippen LogP contribution in [0, 0.1) is 5.92 Å². The van der Waals surface area contributed by atoms with Crippen LogP contribution in [0.25, 0.3) is 0 Å². The normalized spacial score (nSPS) is 14.8. The lowest BCUT2D eigenvalue weighted by atomic mass is 9.99. The van der Waals surface area contributed by atoms with Gasteiger partial charge in [-0.05, 0) is 69.7 Å². The third-order valence-electron chi connectivity index (χ3n) is 7.34. The van der Waals surface area contributed by atoms with E-state index in [1.807, 2.05) is 51.1 Å². The van der Waals surface area contributed by atoms with E-state index in [0.29, 0.717) is 18.8 Å². The first-order chi connectivity index (χ1) is 21.7. The Bertz CT molecular complexity index is 1390. The quantitative estimate of drug-likeness (QED) is 0.187. The van der Waals surface area contributed by atoms with Crippen molar-refractivity contribution in [1.29, 1.82) is 0 Å². The maximum atomic E-state index is 13.7. The molecule has 0 aromatic heterocycles. The van der Waals surface area contributed by atoms with Crippen molar-refractivity contribution < 1.29 is 33.4 Å². The Balaban J connectivity index is 1.82. The fourth-order valence-electron chi connectivity index (χ4n) is 5.15. The molecule has 11 nitrogen and oxygen atoms in total. The SMILES string of the molecule is CCCOc1ccc2c(c1)C(=O)N(CCC(N[C@@H](CC(C)C)C(=O)N[C@@H](Cc1ccccc1)C(=O)NC)C(=O)OC(C)(C)C)C2=O. The molecule has 0 spiro atoms. The van der Waals surface area contributed by atoms with Gasteiger partial charge in [-0.3, -0.25) is 34.2 Å². The molecule has 0 saturated carbocycles. The third kappa shape index (κ3) is 10.1. The molecule has 4 amide bonds. The van der Waals surface area contributed by atoms with Gasteiger partial charge < -0.3 is 20.1 Å². The van der Waals surface area contributed by atoms with E-state index in [9.17, 15) is 24.0 Å². The smallest absolute Gasteiger partial charge is 0.323 e. The summed E-state index contributed by atoms with van der Waals surface area (Å²) >= 11 is 0. The first-order valence-corrected chi connectivity index (χ1v) is 15.9. The predicted molar refractivity (Wildman–Crippen MR) is 174 cm³/mol. The zero-order valence-corrected chi connectivity index (χ0v) is 28.0. The fraction of sp³-hybridized carbons (Fsp3) is 0.514. The second kappa shape index (κ2) is 16.4. The highest BCUT2D eigenvalue weighted by atomic mass is 16.6. The van der Waals surface area contributed by atoms with Crippen molar-refractivity contribution in [2.45, 2.75) is 91.0 Å². The van der Waals surface area contributed by atoms with E-state index in [2.05, 4.69) is 16.0 Å². The molecule has 3 N–H and O–H groups in total. The number of esters is 1. The van der Waals surface area contributed by atoms with Crippen molar-refractivity contribution in [3.05, 3.63) is 65.2 Å². The molecule has 1 unspecified atom stereocenters. The minimum Gasteiger partial charge on any atom is -0.494 e. The average Bonchev–Trinajstić information content (AvgIpc) is 3.24. The van der Waals surface area contributed by atoms with E-state index in [1.54, 1.807) is 39.0 Å². The first kappa shape index (κ1) is 36.2. The number of fused-ring (bicyclic) bond motifs is 1. The van der Waals surface area contributed by atoms with Gasteiger partial charge in [0, 0.05) is 20.0 Å². The Hall–Kier alpha value is -4.25. The third-order valence-corrected chi connectivity index (χ3v) is 7.34. The number of ether oxygens (including phenoxy) is 2. The summed E-state index contributed by atoms with van der Waals surface area (Å²) in [5, 5.41) is 8.62. The zero-order valence-electron chi connectivity index (χ0n) is 28.0. The first-order valence-electron chi connectivity index (χ1n) is 15.9. The lowest BCUT2D eigenvalue weighted by Gasteiger charge is -2.30. The van der Waals surface area contributed by atoms with Crippen LogP contribution in [0.1, 0.15) is 87.1 Å². The molecule has 46 heavy (non-hydrogen) atoms. The zero-order chi connectivity index (χ0) is 34.0. The van der Waals surface area contributed by atoms with Crippen molar-refractivity contribution in [2.24, 2.45) is 5.92 Å². The van der Waals surface area contributed by atoms with E-state index < -0.39 is 47.4 Å². The van der Waals surface area contributed by atoms with Gasteiger partial charge in [0.25, 0.3) is 11.8 Å². The Labute approximate surface area is 271 Å². The Morgan fingerprint density at radius 1 is 0.891 bits per heavy atom. The standard InChI is InChI=1S/C35H48N4O7/c1-8-18-45-24-14-15-25-26(21-24)33(43)39(32(25)42)17-16-27(34(44)46-35(4,5)6)37-28(19-22(2)3)31(41)38-29(30(40)36-7)20-23-12-10-9-11-13-23/h9-15,21-22,27-29,37H,8,16-20H2,1-7H3,(H,36,40)(H,38,41)/t27?,28-,29-/m0/s1. The molecule has 1 heterocycles. The van der Waals surface area contributed by atoms with E-state index >= 15 is 0 Å². The fourth-order valence-corrected chi connectivity index (χ4v) is 5.15. The molecule has 0 bridgehead atoms. The number of likely N-dealkylation sites (N-methyl/N-ethyl adjacent to an activating group) is 1. The Morgan fingerprint density at radius 3 is 2.17 bits per heavy atom. The van der Waals surface area contributed by atoms with Crippen molar-refractivity contribution in [3.8, 4) is 5.75 Å². The van der Waals surface area contributed by atoms with Crippen LogP contribution in [0.15, 0.2) is 48.5 Å². The van der Waals surface area contributed by atoms with Gasteiger partial charge in [-0.15, -0.1) is 0 Å². The molecule has 0 radical (unpaired) electrons. The van der Waals surface area contributed by atoms with Crippen LogP contribution in [0.2, 0.25) is 0 Å². The second-order valence-electron chi connectivity index (χ2n) is 12.9. The minimum absolute atomic E-state index is 0.00430. The molecule has 3 rings (SSSR count). The second-order valence-corrected chi connectivity index (χ2v) is 12.9. The maximum absolute atomic E-state index is 13.7. The summed E-state index contributed by atoms with van der Waals surface area (Å²) in [5.41, 5.74) is 0.570. The van der Waals surface area contributed by atoms with Crippen molar-refractivity contribution in [1.82, 2.24) is 20.9 Å². The molecule has 11 heteroatoms. The van der Waals surface area contributed by atoms with E-state index in [4.69, 9.17) is 9.47 Å². The highest BCUT2D eigenvalue weighted by Gasteiger charge is 2.38. The number of hydrogen-bond acceptors (Lipinski definition) is 8. The summed E-state index contributed by atoms with van der Waals surface area (Å²) in [5.74, 6) is -1.80. The lowest BCUT2D eigenvalue weighted by Crippen LogP contribution is -2.57. The Kier molecular flexibility index (Phi) is 12.9. The molecule has 1 aliphatic rings. The summed E-state index contributed by atoms with van der Waals surface area (Å²) < 4.78 is 11.3. The molecule has 3 atom stereocenters. The molecule has 0 fully saturated rings. The van der Waals surface area contributed by atoms with Gasteiger partial charge >= 0.3 is 5.97 Å². The van der Waals surface area contributed by atoms with Crippen LogP contribution < -0.4 is 20.7 Å². The van der Waals surface area contributed by atoms with E-state index in [0.717, 1.165) is 16.9 Å². The summed E-state index contributed by atoms with van der Waals surface area (Å²) in [6, 6.07) is 11.4. The number of nitrogens with zero attached hydrogens (tertiary/aromatic N) is 1. The van der Waals surface area contributed by atoms with Gasteiger partial charge in [-0.2, -0.15) is 0 Å². The highest BCUT2D eigenvalue weighted by Crippen LogP contribution is 2.27. The van der Waals surface area contributed by atoms with E-state index in [-0.39, 0.29) is 42.3 Å². The van der Waals surface area contributed by atoms with E-state index in [1.165, 1.54) is 7.05 Å². The molecule has 250 valence electrons. The van der Waals surface area contributed by atoms with Crippen molar-refractivity contribution in [3.63, 3.8) is 0 Å². The van der Waals surface area contributed by atoms with Crippen LogP contribution in [0.4, 0.5) is 0 Å². The number of nitrogens with one attached hydrogen (secondary N) is 3. The summed E-state index contributed by atoms with van der Waals surface area (Å²) in [6.45, 7) is 11.5. The van der Waals surface area contributed by atoms with Gasteiger partial charge in [0.1, 0.15) is 23.4 Å². The number of amides is 4. The van der Waals surface area contributed by atoms with Crippen molar-refractivity contribution >= 4 is 29.6 Å². The minimum atomic E-state index is -1.03. The van der Waals surface area contributed by atoms with Crippen LogP contribution in [-0.4, -0.2) is 78.4 Å². The number of imide groups is 1.